The van der Waals surface area contributed by atoms with Crippen molar-refractivity contribution in [3.8, 4) is 0 Å². The molecule has 0 aromatic carbocycles. The minimum Gasteiger partial charge on any atom is -0.384 e. The lowest BCUT2D eigenvalue weighted by Gasteiger charge is -2.46. The van der Waals surface area contributed by atoms with Gasteiger partial charge in [0.2, 0.25) is 0 Å². The Hall–Kier alpha value is -0.370. The smallest absolute Gasteiger partial charge is 0.142 e. The number of ether oxygens (including phenoxy) is 1. The van der Waals surface area contributed by atoms with Crippen LogP contribution >= 0.6 is 0 Å². The molecular formula is C15H28O2. The molecule has 0 N–H and O–H groups in total. The zero-order valence-corrected chi connectivity index (χ0v) is 12.1. The Kier molecular flexibility index (Phi) is 5.18. The van der Waals surface area contributed by atoms with Gasteiger partial charge in [-0.05, 0) is 30.6 Å². The van der Waals surface area contributed by atoms with Crippen LogP contribution in [0.2, 0.25) is 0 Å². The highest BCUT2D eigenvalue weighted by atomic mass is 16.5. The van der Waals surface area contributed by atoms with Gasteiger partial charge in [-0.2, -0.15) is 0 Å². The van der Waals surface area contributed by atoms with E-state index in [0.717, 1.165) is 12.8 Å². The fourth-order valence-electron chi connectivity index (χ4n) is 3.45. The summed E-state index contributed by atoms with van der Waals surface area (Å²) in [5, 5.41) is 0. The highest BCUT2D eigenvalue weighted by Gasteiger charge is 2.48. The predicted octanol–water partition coefficient (Wildman–Crippen LogP) is 3.69. The standard InChI is InChI=1S/C15H28O2/c1-11(2)9-14(16)15(10-17-5)12(3)7-6-8-13(15)4/h11-13H,6-10H2,1-5H3. The summed E-state index contributed by atoms with van der Waals surface area (Å²) in [6.07, 6.45) is 4.27. The highest BCUT2D eigenvalue weighted by Crippen LogP contribution is 2.47. The van der Waals surface area contributed by atoms with Crippen LogP contribution in [0, 0.1) is 23.2 Å². The summed E-state index contributed by atoms with van der Waals surface area (Å²) in [7, 11) is 1.72. The molecule has 0 bridgehead atoms. The van der Waals surface area contributed by atoms with E-state index in [1.54, 1.807) is 7.11 Å². The maximum Gasteiger partial charge on any atom is 0.142 e. The lowest BCUT2D eigenvalue weighted by molar-refractivity contribution is -0.144. The molecule has 100 valence electrons. The third-order valence-corrected chi connectivity index (χ3v) is 4.53. The van der Waals surface area contributed by atoms with Crippen molar-refractivity contribution < 1.29 is 9.53 Å². The van der Waals surface area contributed by atoms with Gasteiger partial charge in [-0.15, -0.1) is 0 Å². The van der Waals surface area contributed by atoms with Crippen LogP contribution in [0.15, 0.2) is 0 Å². The Morgan fingerprint density at radius 2 is 1.82 bits per heavy atom. The van der Waals surface area contributed by atoms with Crippen molar-refractivity contribution in [3.05, 3.63) is 0 Å². The number of methoxy groups -OCH3 is 1. The third-order valence-electron chi connectivity index (χ3n) is 4.53. The van der Waals surface area contributed by atoms with Gasteiger partial charge >= 0.3 is 0 Å². The Morgan fingerprint density at radius 1 is 1.29 bits per heavy atom. The first-order valence-electron chi connectivity index (χ1n) is 6.97. The highest BCUT2D eigenvalue weighted by molar-refractivity contribution is 5.86. The number of ketones is 1. The summed E-state index contributed by atoms with van der Waals surface area (Å²) in [4.78, 5) is 12.7. The summed E-state index contributed by atoms with van der Waals surface area (Å²) < 4.78 is 5.41. The Bertz CT molecular complexity index is 248. The SMILES string of the molecule is COCC1(C(=O)CC(C)C)C(C)CCCC1C. The summed E-state index contributed by atoms with van der Waals surface area (Å²) in [6.45, 7) is 9.30. The summed E-state index contributed by atoms with van der Waals surface area (Å²) >= 11 is 0. The van der Waals surface area contributed by atoms with Crippen molar-refractivity contribution in [3.63, 3.8) is 0 Å². The van der Waals surface area contributed by atoms with E-state index in [4.69, 9.17) is 4.74 Å². The first-order valence-corrected chi connectivity index (χ1v) is 6.97. The second-order valence-corrected chi connectivity index (χ2v) is 6.23. The largest absolute Gasteiger partial charge is 0.384 e. The van der Waals surface area contributed by atoms with Crippen LogP contribution in [0.4, 0.5) is 0 Å². The van der Waals surface area contributed by atoms with E-state index in [0.29, 0.717) is 36.6 Å². The van der Waals surface area contributed by atoms with Crippen molar-refractivity contribution in [1.82, 2.24) is 0 Å². The molecule has 0 aromatic rings. The van der Waals surface area contributed by atoms with E-state index in [1.807, 2.05) is 0 Å². The van der Waals surface area contributed by atoms with Gasteiger partial charge in [0, 0.05) is 13.5 Å². The second kappa shape index (κ2) is 5.99. The average molecular weight is 240 g/mol. The molecule has 17 heavy (non-hydrogen) atoms. The van der Waals surface area contributed by atoms with Crippen molar-refractivity contribution in [2.24, 2.45) is 23.2 Å². The van der Waals surface area contributed by atoms with Gasteiger partial charge in [0.1, 0.15) is 5.78 Å². The van der Waals surface area contributed by atoms with Gasteiger partial charge in [0.15, 0.2) is 0 Å². The summed E-state index contributed by atoms with van der Waals surface area (Å²) in [6, 6.07) is 0. The summed E-state index contributed by atoms with van der Waals surface area (Å²) in [5.74, 6) is 1.78. The lowest BCUT2D eigenvalue weighted by atomic mass is 9.58. The normalized spacial score (nSPS) is 34.0. The predicted molar refractivity (Wildman–Crippen MR) is 71.0 cm³/mol. The molecule has 2 heteroatoms. The van der Waals surface area contributed by atoms with Crippen molar-refractivity contribution >= 4 is 5.78 Å². The molecule has 1 saturated carbocycles. The zero-order valence-electron chi connectivity index (χ0n) is 12.1. The van der Waals surface area contributed by atoms with E-state index in [9.17, 15) is 4.79 Å². The van der Waals surface area contributed by atoms with E-state index in [2.05, 4.69) is 27.7 Å². The second-order valence-electron chi connectivity index (χ2n) is 6.23. The van der Waals surface area contributed by atoms with Crippen molar-refractivity contribution in [1.29, 1.82) is 0 Å². The van der Waals surface area contributed by atoms with Gasteiger partial charge in [-0.25, -0.2) is 0 Å². The van der Waals surface area contributed by atoms with Gasteiger partial charge in [0.25, 0.3) is 0 Å². The minimum atomic E-state index is -0.225. The molecule has 0 aromatic heterocycles. The average Bonchev–Trinajstić information content (AvgIpc) is 2.22. The first kappa shape index (κ1) is 14.7. The molecule has 0 spiro atoms. The van der Waals surface area contributed by atoms with E-state index in [-0.39, 0.29) is 5.41 Å². The molecule has 0 heterocycles. The fraction of sp³-hybridized carbons (Fsp3) is 0.933. The van der Waals surface area contributed by atoms with Crippen molar-refractivity contribution in [2.75, 3.05) is 13.7 Å². The third kappa shape index (κ3) is 2.90. The van der Waals surface area contributed by atoms with E-state index in [1.165, 1.54) is 6.42 Å². The van der Waals surface area contributed by atoms with Crippen LogP contribution < -0.4 is 0 Å². The first-order chi connectivity index (χ1) is 7.95. The molecule has 0 saturated heterocycles. The molecule has 2 unspecified atom stereocenters. The molecule has 0 aliphatic heterocycles. The number of rotatable bonds is 5. The molecular weight excluding hydrogens is 212 g/mol. The molecule has 1 aliphatic rings. The topological polar surface area (TPSA) is 26.3 Å². The van der Waals surface area contributed by atoms with Crippen LogP contribution in [0.1, 0.15) is 53.4 Å². The molecule has 1 rings (SSSR count). The van der Waals surface area contributed by atoms with Crippen LogP contribution in [0.5, 0.6) is 0 Å². The van der Waals surface area contributed by atoms with Crippen molar-refractivity contribution in [2.45, 2.75) is 53.4 Å². The molecule has 2 atom stereocenters. The van der Waals surface area contributed by atoms with Gasteiger partial charge < -0.3 is 4.74 Å². The Labute approximate surface area is 106 Å². The number of carbonyl (C=O) groups is 1. The number of Topliss-reactive ketones (excluding diaryl/α,β-unsaturated/α-hetero) is 1. The number of hydrogen-bond acceptors (Lipinski definition) is 2. The van der Waals surface area contributed by atoms with Gasteiger partial charge in [-0.3, -0.25) is 4.79 Å². The molecule has 0 amide bonds. The van der Waals surface area contributed by atoms with Crippen LogP contribution in [0.25, 0.3) is 0 Å². The molecule has 0 radical (unpaired) electrons. The quantitative estimate of drug-likeness (QED) is 0.732. The van der Waals surface area contributed by atoms with Gasteiger partial charge in [-0.1, -0.05) is 34.1 Å². The maximum atomic E-state index is 12.7. The Balaban J connectivity index is 2.96. The number of hydrogen-bond donors (Lipinski definition) is 0. The maximum absolute atomic E-state index is 12.7. The van der Waals surface area contributed by atoms with Gasteiger partial charge in [0.05, 0.1) is 12.0 Å². The monoisotopic (exact) mass is 240 g/mol. The minimum absolute atomic E-state index is 0.225. The fourth-order valence-corrected chi connectivity index (χ4v) is 3.45. The van der Waals surface area contributed by atoms with E-state index >= 15 is 0 Å². The summed E-state index contributed by atoms with van der Waals surface area (Å²) in [5.41, 5.74) is -0.225. The number of carbonyl (C=O) groups excluding carboxylic acids is 1. The molecule has 2 nitrogen and oxygen atoms in total. The Morgan fingerprint density at radius 3 is 2.24 bits per heavy atom. The van der Waals surface area contributed by atoms with Crippen LogP contribution in [0.3, 0.4) is 0 Å². The molecule has 1 fully saturated rings. The van der Waals surface area contributed by atoms with E-state index < -0.39 is 0 Å². The zero-order chi connectivity index (χ0) is 13.1. The molecule has 1 aliphatic carbocycles. The van der Waals surface area contributed by atoms with Crippen LogP contribution in [-0.4, -0.2) is 19.5 Å². The lowest BCUT2D eigenvalue weighted by Crippen LogP contribution is -2.49. The van der Waals surface area contributed by atoms with Crippen LogP contribution in [-0.2, 0) is 9.53 Å².